The largest absolute Gasteiger partial charge is 0.393 e. The maximum atomic E-state index is 10.9. The van der Waals surface area contributed by atoms with Crippen LogP contribution in [0.3, 0.4) is 0 Å². The molecule has 39 heavy (non-hydrogen) atoms. The Morgan fingerprint density at radius 2 is 1.00 bits per heavy atom. The van der Waals surface area contributed by atoms with Crippen LogP contribution in [0.2, 0.25) is 0 Å². The summed E-state index contributed by atoms with van der Waals surface area (Å²) < 4.78 is 0. The van der Waals surface area contributed by atoms with Crippen molar-refractivity contribution in [3.05, 3.63) is 35.9 Å². The summed E-state index contributed by atoms with van der Waals surface area (Å²) in [5.74, 6) is 6.03. The highest BCUT2D eigenvalue weighted by atomic mass is 16.3. The molecule has 0 atom stereocenters. The lowest BCUT2D eigenvalue weighted by atomic mass is 9.75. The van der Waals surface area contributed by atoms with E-state index in [1.807, 2.05) is 0 Å². The van der Waals surface area contributed by atoms with Crippen molar-refractivity contribution in [2.45, 2.75) is 145 Å². The van der Waals surface area contributed by atoms with Crippen molar-refractivity contribution in [1.29, 1.82) is 0 Å². The van der Waals surface area contributed by atoms with E-state index in [-0.39, 0.29) is 32.8 Å². The fraction of sp³-hybridized carbons (Fsp3) is 0.806. The van der Waals surface area contributed by atoms with Crippen molar-refractivity contribution in [3.63, 3.8) is 0 Å². The summed E-state index contributed by atoms with van der Waals surface area (Å²) in [6.07, 6.45) is 14.6. The highest BCUT2D eigenvalue weighted by Gasteiger charge is 2.26. The van der Waals surface area contributed by atoms with Gasteiger partial charge in [0.05, 0.1) is 6.10 Å². The molecule has 3 aliphatic carbocycles. The first-order chi connectivity index (χ1) is 17.6. The smallest absolute Gasteiger partial charge is 0.220 e. The Labute approximate surface area is 244 Å². The molecule has 0 spiro atoms. The molecule has 3 heteroatoms. The van der Waals surface area contributed by atoms with E-state index in [1.165, 1.54) is 51.4 Å². The molecule has 3 fully saturated rings. The lowest BCUT2D eigenvalue weighted by molar-refractivity contribution is -0.123. The summed E-state index contributed by atoms with van der Waals surface area (Å²) in [5.41, 5.74) is 6.81. The minimum absolute atomic E-state index is 0. The summed E-state index contributed by atoms with van der Waals surface area (Å²) in [6, 6.07) is 11.0. The predicted octanol–water partition coefficient (Wildman–Crippen LogP) is 10.0. The second kappa shape index (κ2) is 19.7. The molecule has 0 aliphatic heterocycles. The average molecular weight is 546 g/mol. The van der Waals surface area contributed by atoms with Crippen LogP contribution >= 0.6 is 0 Å². The first-order valence-corrected chi connectivity index (χ1v) is 15.6. The van der Waals surface area contributed by atoms with Crippen LogP contribution in [0.25, 0.3) is 0 Å². The monoisotopic (exact) mass is 546 g/mol. The van der Waals surface area contributed by atoms with Crippen molar-refractivity contribution in [2.75, 3.05) is 0 Å². The van der Waals surface area contributed by atoms with Gasteiger partial charge in [0.25, 0.3) is 0 Å². The van der Waals surface area contributed by atoms with Crippen LogP contribution < -0.4 is 5.73 Å². The molecule has 0 heterocycles. The second-order valence-corrected chi connectivity index (χ2v) is 13.3. The molecule has 0 radical (unpaired) electrons. The molecule has 1 aromatic carbocycles. The minimum Gasteiger partial charge on any atom is -0.393 e. The number of aliphatic hydroxyl groups is 1. The van der Waals surface area contributed by atoms with E-state index >= 15 is 0 Å². The van der Waals surface area contributed by atoms with E-state index in [0.717, 1.165) is 67.1 Å². The molecule has 0 bridgehead atoms. The molecular weight excluding hydrogens is 478 g/mol. The Kier molecular flexibility index (Phi) is 19.0. The van der Waals surface area contributed by atoms with Crippen molar-refractivity contribution in [3.8, 4) is 0 Å². The van der Waals surface area contributed by atoms with E-state index in [4.69, 9.17) is 5.73 Å². The predicted molar refractivity (Wildman–Crippen MR) is 172 cm³/mol. The van der Waals surface area contributed by atoms with Gasteiger partial charge in [-0.1, -0.05) is 86.7 Å². The molecule has 0 saturated heterocycles. The molecule has 3 aliphatic rings. The van der Waals surface area contributed by atoms with Gasteiger partial charge in [0.15, 0.2) is 0 Å². The van der Waals surface area contributed by atoms with Gasteiger partial charge in [-0.15, -0.1) is 0 Å². The van der Waals surface area contributed by atoms with E-state index in [0.29, 0.717) is 0 Å². The molecule has 228 valence electrons. The van der Waals surface area contributed by atoms with Gasteiger partial charge in [-0.3, -0.25) is 4.79 Å². The van der Waals surface area contributed by atoms with E-state index < -0.39 is 0 Å². The van der Waals surface area contributed by atoms with Gasteiger partial charge in [-0.25, -0.2) is 0 Å². The zero-order valence-electron chi connectivity index (χ0n) is 25.0. The SMILES string of the molecule is C.C.CC(C)C1CCC(C(N)=O)CC1.CC(C)C1CCC(O)CC1.CC(C)C1CCC(c2ccccc2)CC1. The first kappa shape index (κ1) is 37.6. The number of primary amides is 1. The summed E-state index contributed by atoms with van der Waals surface area (Å²) in [5, 5.41) is 9.21. The molecule has 1 aromatic rings. The molecule has 3 nitrogen and oxygen atoms in total. The van der Waals surface area contributed by atoms with E-state index in [9.17, 15) is 9.90 Å². The lowest BCUT2D eigenvalue weighted by Gasteiger charge is -2.31. The van der Waals surface area contributed by atoms with Gasteiger partial charge in [-0.05, 0) is 124 Å². The Morgan fingerprint density at radius 1 is 0.641 bits per heavy atom. The summed E-state index contributed by atoms with van der Waals surface area (Å²) >= 11 is 0. The third-order valence-electron chi connectivity index (χ3n) is 9.79. The fourth-order valence-electron chi connectivity index (χ4n) is 6.68. The molecule has 0 aromatic heterocycles. The Morgan fingerprint density at radius 3 is 1.36 bits per heavy atom. The number of benzene rings is 1. The number of aliphatic hydroxyl groups excluding tert-OH is 1. The van der Waals surface area contributed by atoms with Gasteiger partial charge < -0.3 is 10.8 Å². The van der Waals surface area contributed by atoms with Crippen LogP contribution in [0, 0.1) is 41.4 Å². The number of hydrogen-bond donors (Lipinski definition) is 2. The third kappa shape index (κ3) is 13.7. The normalized spacial score (nSPS) is 28.7. The minimum atomic E-state index is -0.0998. The zero-order chi connectivity index (χ0) is 27.4. The number of hydrogen-bond acceptors (Lipinski definition) is 2. The number of carbonyl (C=O) groups is 1. The Balaban J connectivity index is 0.000000553. The molecule has 0 unspecified atom stereocenters. The number of nitrogens with two attached hydrogens (primary N) is 1. The summed E-state index contributed by atoms with van der Waals surface area (Å²) in [4.78, 5) is 10.9. The van der Waals surface area contributed by atoms with E-state index in [1.54, 1.807) is 5.56 Å². The number of carbonyl (C=O) groups excluding carboxylic acids is 1. The Bertz CT molecular complexity index is 720. The molecule has 4 rings (SSSR count). The van der Waals surface area contributed by atoms with Crippen LogP contribution in [-0.2, 0) is 4.79 Å². The van der Waals surface area contributed by atoms with Gasteiger partial charge in [-0.2, -0.15) is 0 Å². The van der Waals surface area contributed by atoms with Crippen LogP contribution in [0.15, 0.2) is 30.3 Å². The maximum Gasteiger partial charge on any atom is 0.220 e. The lowest BCUT2D eigenvalue weighted by Crippen LogP contribution is -2.28. The molecular formula is C36H67NO2. The standard InChI is InChI=1S/C15H22.C10H19NO.C9H18O.2CH4/c1-12(2)13-8-10-15(11-9-13)14-6-4-3-5-7-14;1-7(2)8-3-5-9(6-4-8)10(11)12;1-7(2)8-3-5-9(10)6-4-8;;/h3-7,12-13,15H,8-11H2,1-2H3;7-9H,3-6H2,1-2H3,(H2,11,12);7-10H,3-6H2,1-2H3;2*1H4. The topological polar surface area (TPSA) is 63.3 Å². The van der Waals surface area contributed by atoms with Crippen molar-refractivity contribution in [2.24, 2.45) is 47.2 Å². The molecule has 3 N–H and O–H groups in total. The van der Waals surface area contributed by atoms with Crippen LogP contribution in [0.5, 0.6) is 0 Å². The van der Waals surface area contributed by atoms with Crippen LogP contribution in [-0.4, -0.2) is 17.1 Å². The van der Waals surface area contributed by atoms with Crippen LogP contribution in [0.1, 0.15) is 145 Å². The average Bonchev–Trinajstić information content (AvgIpc) is 2.90. The third-order valence-corrected chi connectivity index (χ3v) is 9.79. The van der Waals surface area contributed by atoms with Gasteiger partial charge >= 0.3 is 0 Å². The van der Waals surface area contributed by atoms with Crippen molar-refractivity contribution < 1.29 is 9.90 Å². The number of amides is 1. The quantitative estimate of drug-likeness (QED) is 0.386. The summed E-state index contributed by atoms with van der Waals surface area (Å²) in [7, 11) is 0. The van der Waals surface area contributed by atoms with Crippen molar-refractivity contribution in [1.82, 2.24) is 0 Å². The van der Waals surface area contributed by atoms with Gasteiger partial charge in [0.1, 0.15) is 0 Å². The molecule has 1 amide bonds. The number of rotatable bonds is 5. The van der Waals surface area contributed by atoms with Crippen LogP contribution in [0.4, 0.5) is 0 Å². The van der Waals surface area contributed by atoms with Gasteiger partial charge in [0, 0.05) is 5.92 Å². The Hall–Kier alpha value is -1.35. The van der Waals surface area contributed by atoms with Gasteiger partial charge in [0.2, 0.25) is 5.91 Å². The zero-order valence-corrected chi connectivity index (χ0v) is 25.0. The summed E-state index contributed by atoms with van der Waals surface area (Å²) in [6.45, 7) is 13.8. The maximum absolute atomic E-state index is 10.9. The molecule has 3 saturated carbocycles. The first-order valence-electron chi connectivity index (χ1n) is 15.6. The fourth-order valence-corrected chi connectivity index (χ4v) is 6.68. The highest BCUT2D eigenvalue weighted by Crippen LogP contribution is 2.38. The van der Waals surface area contributed by atoms with E-state index in [2.05, 4.69) is 71.9 Å². The highest BCUT2D eigenvalue weighted by molar-refractivity contribution is 5.76. The van der Waals surface area contributed by atoms with Crippen molar-refractivity contribution >= 4 is 5.91 Å². The second-order valence-electron chi connectivity index (χ2n) is 13.3.